The monoisotopic (exact) mass is 309 g/mol. The summed E-state index contributed by atoms with van der Waals surface area (Å²) in [5, 5.41) is 6.85. The number of benzene rings is 1. The number of hydrogen-bond donors (Lipinski definition) is 1. The Morgan fingerprint density at radius 2 is 2.10 bits per heavy atom. The van der Waals surface area contributed by atoms with Gasteiger partial charge in [-0.25, -0.2) is 4.39 Å². The van der Waals surface area contributed by atoms with Crippen molar-refractivity contribution in [3.05, 3.63) is 52.8 Å². The Kier molecular flexibility index (Phi) is 4.96. The van der Waals surface area contributed by atoms with Crippen LogP contribution in [0.25, 0.3) is 0 Å². The summed E-state index contributed by atoms with van der Waals surface area (Å²) in [4.78, 5) is 11.1. The fraction of sp³-hybridized carbons (Fsp3) is 0.333. The van der Waals surface area contributed by atoms with Gasteiger partial charge in [0.05, 0.1) is 12.2 Å². The van der Waals surface area contributed by atoms with E-state index in [-0.39, 0.29) is 6.54 Å². The molecule has 4 nitrogen and oxygen atoms in total. The van der Waals surface area contributed by atoms with Gasteiger partial charge in [-0.3, -0.25) is 9.48 Å². The molecule has 0 saturated heterocycles. The van der Waals surface area contributed by atoms with Crippen molar-refractivity contribution in [2.45, 2.75) is 32.6 Å². The van der Waals surface area contributed by atoms with Crippen LogP contribution in [0.3, 0.4) is 0 Å². The van der Waals surface area contributed by atoms with Crippen molar-refractivity contribution in [3.8, 4) is 0 Å². The van der Waals surface area contributed by atoms with Crippen LogP contribution in [-0.4, -0.2) is 21.3 Å². The van der Waals surface area contributed by atoms with Crippen molar-refractivity contribution in [1.29, 1.82) is 0 Å². The Morgan fingerprint density at radius 3 is 2.71 bits per heavy atom. The number of nitrogens with zero attached hydrogens (tertiary/aromatic N) is 2. The molecule has 0 bridgehead atoms. The van der Waals surface area contributed by atoms with E-state index in [2.05, 4.69) is 10.4 Å². The third kappa shape index (κ3) is 4.29. The lowest BCUT2D eigenvalue weighted by Gasteiger charge is -2.08. The van der Waals surface area contributed by atoms with Gasteiger partial charge in [0.1, 0.15) is 0 Å². The summed E-state index contributed by atoms with van der Waals surface area (Å²) < 4.78 is 14.5. The molecule has 0 aliphatic heterocycles. The molecule has 1 unspecified atom stereocenters. The van der Waals surface area contributed by atoms with Crippen molar-refractivity contribution < 1.29 is 9.18 Å². The van der Waals surface area contributed by atoms with E-state index in [0.717, 1.165) is 22.5 Å². The number of hydrogen-bond acceptors (Lipinski definition) is 2. The van der Waals surface area contributed by atoms with Crippen LogP contribution in [-0.2, 0) is 17.9 Å². The van der Waals surface area contributed by atoms with Gasteiger partial charge in [-0.2, -0.15) is 5.10 Å². The number of aryl methyl sites for hydroxylation is 2. The quantitative estimate of drug-likeness (QED) is 0.863. The predicted molar refractivity (Wildman–Crippen MR) is 79.8 cm³/mol. The van der Waals surface area contributed by atoms with E-state index in [9.17, 15) is 9.18 Å². The second kappa shape index (κ2) is 6.72. The molecule has 0 saturated carbocycles. The molecule has 0 fully saturated rings. The second-order valence-corrected chi connectivity index (χ2v) is 5.31. The first-order chi connectivity index (χ1) is 9.95. The molecule has 0 aliphatic rings. The molecule has 0 spiro atoms. The van der Waals surface area contributed by atoms with E-state index in [1.807, 2.05) is 48.9 Å². The van der Waals surface area contributed by atoms with Gasteiger partial charge in [-0.1, -0.05) is 35.9 Å². The predicted octanol–water partition coefficient (Wildman–Crippen LogP) is 2.70. The van der Waals surface area contributed by atoms with E-state index in [1.54, 1.807) is 0 Å². The lowest BCUT2D eigenvalue weighted by atomic mass is 10.1. The van der Waals surface area contributed by atoms with Gasteiger partial charge in [-0.05, 0) is 31.0 Å². The molecular formula is C15H17ClFN3O. The molecule has 2 rings (SSSR count). The number of nitrogens with one attached hydrogen (secondary N) is 1. The summed E-state index contributed by atoms with van der Waals surface area (Å²) in [6, 6.07) is 9.73. The molecule has 2 aromatic rings. The number of alkyl halides is 2. The summed E-state index contributed by atoms with van der Waals surface area (Å²) in [5.74, 6) is -0.819. The number of carbonyl (C=O) groups excluding carboxylic acids is 1. The third-order valence-electron chi connectivity index (χ3n) is 3.09. The zero-order chi connectivity index (χ0) is 15.4. The largest absolute Gasteiger partial charge is 0.348 e. The molecule has 21 heavy (non-hydrogen) atoms. The number of rotatable bonds is 5. The Balaban J connectivity index is 2.04. The highest BCUT2D eigenvalue weighted by atomic mass is 35.5. The first-order valence-corrected chi connectivity index (χ1v) is 7.04. The number of amides is 1. The zero-order valence-corrected chi connectivity index (χ0v) is 12.7. The van der Waals surface area contributed by atoms with Crippen molar-refractivity contribution >= 4 is 17.5 Å². The first-order valence-electron chi connectivity index (χ1n) is 6.60. The lowest BCUT2D eigenvalue weighted by molar-refractivity contribution is -0.123. The van der Waals surface area contributed by atoms with Gasteiger partial charge in [0.25, 0.3) is 11.5 Å². The highest BCUT2D eigenvalue weighted by Crippen LogP contribution is 2.10. The van der Waals surface area contributed by atoms with Gasteiger partial charge in [0.2, 0.25) is 0 Å². The standard InChI is InChI=1S/C15H17ClFN3O/c1-10-6-11(2)20(19-10)9-13-5-3-4-12(7-13)8-18-15(21)14(16)17/h3-7,14H,8-9H2,1-2H3,(H,18,21). The average Bonchev–Trinajstić information content (AvgIpc) is 2.74. The summed E-state index contributed by atoms with van der Waals surface area (Å²) in [5.41, 5.74) is 2.01. The van der Waals surface area contributed by atoms with Gasteiger partial charge >= 0.3 is 0 Å². The topological polar surface area (TPSA) is 46.9 Å². The van der Waals surface area contributed by atoms with Crippen LogP contribution in [0, 0.1) is 13.8 Å². The van der Waals surface area contributed by atoms with Crippen LogP contribution in [0.15, 0.2) is 30.3 Å². The van der Waals surface area contributed by atoms with E-state index in [1.165, 1.54) is 0 Å². The van der Waals surface area contributed by atoms with E-state index < -0.39 is 11.5 Å². The highest BCUT2D eigenvalue weighted by Gasteiger charge is 2.12. The van der Waals surface area contributed by atoms with Crippen LogP contribution in [0.5, 0.6) is 0 Å². The van der Waals surface area contributed by atoms with Gasteiger partial charge in [-0.15, -0.1) is 0 Å². The Bertz CT molecular complexity index is 640. The van der Waals surface area contributed by atoms with Gasteiger partial charge < -0.3 is 5.32 Å². The molecule has 6 heteroatoms. The molecule has 1 heterocycles. The first kappa shape index (κ1) is 15.5. The van der Waals surface area contributed by atoms with E-state index in [0.29, 0.717) is 6.54 Å². The summed E-state index contributed by atoms with van der Waals surface area (Å²) >= 11 is 5.06. The van der Waals surface area contributed by atoms with Crippen molar-refractivity contribution in [2.75, 3.05) is 0 Å². The van der Waals surface area contributed by atoms with Gasteiger partial charge in [0, 0.05) is 12.2 Å². The molecule has 1 aromatic carbocycles. The SMILES string of the molecule is Cc1cc(C)n(Cc2cccc(CNC(=O)C(F)Cl)c2)n1. The van der Waals surface area contributed by atoms with E-state index >= 15 is 0 Å². The van der Waals surface area contributed by atoms with Crippen LogP contribution < -0.4 is 5.32 Å². The third-order valence-corrected chi connectivity index (χ3v) is 3.29. The van der Waals surface area contributed by atoms with Crippen molar-refractivity contribution in [2.24, 2.45) is 0 Å². The zero-order valence-electron chi connectivity index (χ0n) is 11.9. The number of aromatic nitrogens is 2. The molecule has 112 valence electrons. The van der Waals surface area contributed by atoms with Crippen molar-refractivity contribution in [1.82, 2.24) is 15.1 Å². The maximum absolute atomic E-state index is 12.6. The molecule has 1 aromatic heterocycles. The maximum atomic E-state index is 12.6. The number of carbonyl (C=O) groups is 1. The van der Waals surface area contributed by atoms with Crippen molar-refractivity contribution in [3.63, 3.8) is 0 Å². The second-order valence-electron chi connectivity index (χ2n) is 4.92. The summed E-state index contributed by atoms with van der Waals surface area (Å²) in [6.45, 7) is 4.86. The fourth-order valence-corrected chi connectivity index (χ4v) is 2.19. The van der Waals surface area contributed by atoms with Crippen LogP contribution in [0.1, 0.15) is 22.5 Å². The minimum atomic E-state index is -2.01. The summed E-state index contributed by atoms with van der Waals surface area (Å²) in [6.07, 6.45) is 0. The number of halogens is 2. The Morgan fingerprint density at radius 1 is 1.38 bits per heavy atom. The molecule has 0 radical (unpaired) electrons. The molecule has 1 atom stereocenters. The van der Waals surface area contributed by atoms with Crippen LogP contribution in [0.4, 0.5) is 4.39 Å². The molecule has 0 aliphatic carbocycles. The normalized spacial score (nSPS) is 12.2. The van der Waals surface area contributed by atoms with Crippen LogP contribution in [0.2, 0.25) is 0 Å². The van der Waals surface area contributed by atoms with E-state index in [4.69, 9.17) is 11.6 Å². The van der Waals surface area contributed by atoms with Gasteiger partial charge in [0.15, 0.2) is 0 Å². The smallest absolute Gasteiger partial charge is 0.270 e. The minimum absolute atomic E-state index is 0.247. The molecule has 1 N–H and O–H groups in total. The Hall–Kier alpha value is -1.88. The molecular weight excluding hydrogens is 293 g/mol. The average molecular weight is 310 g/mol. The minimum Gasteiger partial charge on any atom is -0.348 e. The fourth-order valence-electron chi connectivity index (χ4n) is 2.11. The highest BCUT2D eigenvalue weighted by molar-refractivity contribution is 6.29. The maximum Gasteiger partial charge on any atom is 0.270 e. The summed E-state index contributed by atoms with van der Waals surface area (Å²) in [7, 11) is 0. The van der Waals surface area contributed by atoms with Crippen LogP contribution >= 0.6 is 11.6 Å². The Labute approximate surface area is 127 Å². The lowest BCUT2D eigenvalue weighted by Crippen LogP contribution is -2.28. The molecule has 1 amide bonds.